The molecule has 0 saturated carbocycles. The van der Waals surface area contributed by atoms with E-state index in [2.05, 4.69) is 33.9 Å². The molecule has 3 heteroatoms. The molecule has 1 aliphatic heterocycles. The molecule has 3 nitrogen and oxygen atoms in total. The van der Waals surface area contributed by atoms with Crippen LogP contribution >= 0.6 is 0 Å². The Balaban J connectivity index is 1.63. The van der Waals surface area contributed by atoms with Crippen molar-refractivity contribution in [1.82, 2.24) is 0 Å². The summed E-state index contributed by atoms with van der Waals surface area (Å²) in [6, 6.07) is 9.12. The van der Waals surface area contributed by atoms with E-state index in [1.165, 1.54) is 17.6 Å². The summed E-state index contributed by atoms with van der Waals surface area (Å²) in [6.07, 6.45) is 6.41. The summed E-state index contributed by atoms with van der Waals surface area (Å²) in [5.74, 6) is 0.988. The van der Waals surface area contributed by atoms with E-state index >= 15 is 0 Å². The second kappa shape index (κ2) is 11.2. The van der Waals surface area contributed by atoms with Crippen LogP contribution in [0.4, 0.5) is 0 Å². The first-order chi connectivity index (χ1) is 13.4. The first-order valence-corrected chi connectivity index (χ1v) is 10.6. The van der Waals surface area contributed by atoms with Gasteiger partial charge in [0.2, 0.25) is 0 Å². The summed E-state index contributed by atoms with van der Waals surface area (Å²) in [4.78, 5) is 11.9. The van der Waals surface area contributed by atoms with E-state index in [0.717, 1.165) is 32.1 Å². The zero-order chi connectivity index (χ0) is 20.5. The number of hydrogen-bond acceptors (Lipinski definition) is 3. The van der Waals surface area contributed by atoms with Crippen LogP contribution in [-0.2, 0) is 9.47 Å². The van der Waals surface area contributed by atoms with Gasteiger partial charge in [0.25, 0.3) is 0 Å². The second-order valence-corrected chi connectivity index (χ2v) is 8.42. The van der Waals surface area contributed by atoms with Gasteiger partial charge < -0.3 is 9.47 Å². The zero-order valence-electron chi connectivity index (χ0n) is 17.8. The number of carbonyl (C=O) groups is 1. The predicted octanol–water partition coefficient (Wildman–Crippen LogP) is 6.36. The minimum Gasteiger partial charge on any atom is -0.462 e. The molecule has 0 bridgehead atoms. The molecule has 1 heterocycles. The van der Waals surface area contributed by atoms with Gasteiger partial charge in [-0.2, -0.15) is 0 Å². The smallest absolute Gasteiger partial charge is 0.338 e. The molecular weight excluding hydrogens is 348 g/mol. The van der Waals surface area contributed by atoms with Crippen molar-refractivity contribution < 1.29 is 14.3 Å². The lowest BCUT2D eigenvalue weighted by Crippen LogP contribution is -2.14. The minimum atomic E-state index is -0.256. The largest absolute Gasteiger partial charge is 0.462 e. The van der Waals surface area contributed by atoms with Gasteiger partial charge in [-0.15, -0.1) is 0 Å². The van der Waals surface area contributed by atoms with E-state index in [9.17, 15) is 4.79 Å². The van der Waals surface area contributed by atoms with E-state index in [1.807, 2.05) is 18.2 Å². The summed E-state index contributed by atoms with van der Waals surface area (Å²) < 4.78 is 11.6. The normalized spacial score (nSPS) is 21.3. The number of rotatable bonds is 11. The van der Waals surface area contributed by atoms with E-state index in [4.69, 9.17) is 9.47 Å². The number of carbonyl (C=O) groups excluding carboxylic acids is 1. The molecule has 0 radical (unpaired) electrons. The Bertz CT molecular complexity index is 649. The van der Waals surface area contributed by atoms with Crippen molar-refractivity contribution in [2.75, 3.05) is 6.61 Å². The molecule has 28 heavy (non-hydrogen) atoms. The van der Waals surface area contributed by atoms with Crippen LogP contribution in [0.2, 0.25) is 0 Å². The zero-order valence-corrected chi connectivity index (χ0v) is 17.8. The number of allylic oxidation sites excluding steroid dienone is 1. The number of hydrogen-bond donors (Lipinski definition) is 0. The van der Waals surface area contributed by atoms with Crippen molar-refractivity contribution in [3.63, 3.8) is 0 Å². The van der Waals surface area contributed by atoms with Crippen LogP contribution in [0.5, 0.6) is 0 Å². The predicted molar refractivity (Wildman–Crippen MR) is 115 cm³/mol. The van der Waals surface area contributed by atoms with E-state index in [-0.39, 0.29) is 18.2 Å². The van der Waals surface area contributed by atoms with Crippen LogP contribution in [0.15, 0.2) is 54.6 Å². The average molecular weight is 385 g/mol. The molecule has 1 aromatic carbocycles. The number of esters is 1. The third kappa shape index (κ3) is 7.27. The lowest BCUT2D eigenvalue weighted by atomic mass is 9.88. The van der Waals surface area contributed by atoms with Gasteiger partial charge >= 0.3 is 5.97 Å². The quantitative estimate of drug-likeness (QED) is 0.253. The van der Waals surface area contributed by atoms with Crippen molar-refractivity contribution in [3.05, 3.63) is 60.2 Å². The Kier molecular flexibility index (Phi) is 8.98. The molecule has 0 N–H and O–H groups in total. The number of benzene rings is 1. The average Bonchev–Trinajstić information content (AvgIpc) is 3.03. The van der Waals surface area contributed by atoms with Crippen LogP contribution in [0.3, 0.4) is 0 Å². The second-order valence-electron chi connectivity index (χ2n) is 8.42. The van der Waals surface area contributed by atoms with Crippen molar-refractivity contribution in [1.29, 1.82) is 0 Å². The fraction of sp³-hybridized carbons (Fsp3) is 0.560. The van der Waals surface area contributed by atoms with Gasteiger partial charge in [-0.3, -0.25) is 0 Å². The highest BCUT2D eigenvalue weighted by Gasteiger charge is 2.28. The standard InChI is InChI=1S/C25H36O3/c1-18(2)20(4)16-19(3)13-14-24-21(5)17-23(28-24)12-9-15-27-25(26)22-10-7-6-8-11-22/h6-8,10-11,19-20,23-24H,1,5,9,12-17H2,2-4H3/t19?,20-,23+,24?/m1/s1. The number of ether oxygens (including phenoxy) is 2. The highest BCUT2D eigenvalue weighted by Crippen LogP contribution is 2.32. The Labute approximate surface area is 170 Å². The van der Waals surface area contributed by atoms with Gasteiger partial charge in [-0.25, -0.2) is 4.79 Å². The van der Waals surface area contributed by atoms with Gasteiger partial charge in [-0.05, 0) is 75.0 Å². The van der Waals surface area contributed by atoms with E-state index in [1.54, 1.807) is 12.1 Å². The maximum absolute atomic E-state index is 11.9. The lowest BCUT2D eigenvalue weighted by Gasteiger charge is -2.20. The maximum Gasteiger partial charge on any atom is 0.338 e. The molecule has 1 aliphatic rings. The maximum atomic E-state index is 11.9. The van der Waals surface area contributed by atoms with Gasteiger partial charge in [0, 0.05) is 0 Å². The van der Waals surface area contributed by atoms with Crippen molar-refractivity contribution in [3.8, 4) is 0 Å². The van der Waals surface area contributed by atoms with Crippen molar-refractivity contribution in [2.45, 2.75) is 71.5 Å². The lowest BCUT2D eigenvalue weighted by molar-refractivity contribution is 0.0295. The molecule has 0 amide bonds. The van der Waals surface area contributed by atoms with Crippen molar-refractivity contribution in [2.24, 2.45) is 11.8 Å². The molecule has 0 aromatic heterocycles. The van der Waals surface area contributed by atoms with Crippen LogP contribution in [-0.4, -0.2) is 24.8 Å². The fourth-order valence-corrected chi connectivity index (χ4v) is 3.73. The summed E-state index contributed by atoms with van der Waals surface area (Å²) in [5, 5.41) is 0. The van der Waals surface area contributed by atoms with E-state index in [0.29, 0.717) is 24.0 Å². The molecule has 1 aromatic rings. The Morgan fingerprint density at radius 3 is 2.64 bits per heavy atom. The third-order valence-corrected chi connectivity index (χ3v) is 5.73. The van der Waals surface area contributed by atoms with Crippen LogP contribution in [0.25, 0.3) is 0 Å². The van der Waals surface area contributed by atoms with Crippen LogP contribution in [0, 0.1) is 11.8 Å². The molecule has 0 spiro atoms. The first-order valence-electron chi connectivity index (χ1n) is 10.6. The Morgan fingerprint density at radius 2 is 1.96 bits per heavy atom. The SMILES string of the molecule is C=C1C[C@H](CCCOC(=O)c2ccccc2)OC1CCC(C)C[C@@H](C)C(=C)C. The molecule has 154 valence electrons. The summed E-state index contributed by atoms with van der Waals surface area (Å²) in [6.45, 7) is 15.4. The van der Waals surface area contributed by atoms with Crippen LogP contribution in [0.1, 0.15) is 69.7 Å². The first kappa shape index (κ1) is 22.4. The molecule has 1 fully saturated rings. The topological polar surface area (TPSA) is 35.5 Å². The monoisotopic (exact) mass is 384 g/mol. The van der Waals surface area contributed by atoms with Gasteiger partial charge in [0.05, 0.1) is 24.4 Å². The Morgan fingerprint density at radius 1 is 1.25 bits per heavy atom. The summed E-state index contributed by atoms with van der Waals surface area (Å²) in [5.41, 5.74) is 3.08. The molecule has 1 saturated heterocycles. The molecular formula is C25H36O3. The van der Waals surface area contributed by atoms with Gasteiger partial charge in [0.15, 0.2) is 0 Å². The van der Waals surface area contributed by atoms with Crippen molar-refractivity contribution >= 4 is 5.97 Å². The fourth-order valence-electron chi connectivity index (χ4n) is 3.73. The molecule has 2 rings (SSSR count). The molecule has 2 unspecified atom stereocenters. The minimum absolute atomic E-state index is 0.180. The molecule has 0 aliphatic carbocycles. The highest BCUT2D eigenvalue weighted by atomic mass is 16.5. The highest BCUT2D eigenvalue weighted by molar-refractivity contribution is 5.89. The third-order valence-electron chi connectivity index (χ3n) is 5.73. The Hall–Kier alpha value is -1.87. The van der Waals surface area contributed by atoms with Crippen LogP contribution < -0.4 is 0 Å². The van der Waals surface area contributed by atoms with Gasteiger partial charge in [-0.1, -0.05) is 50.8 Å². The molecule has 4 atom stereocenters. The summed E-state index contributed by atoms with van der Waals surface area (Å²) >= 11 is 0. The van der Waals surface area contributed by atoms with E-state index < -0.39 is 0 Å². The summed E-state index contributed by atoms with van der Waals surface area (Å²) in [7, 11) is 0. The van der Waals surface area contributed by atoms with Gasteiger partial charge in [0.1, 0.15) is 0 Å².